The van der Waals surface area contributed by atoms with Crippen LogP contribution in [0.2, 0.25) is 0 Å². The number of rotatable bonds is 6. The molecule has 0 aliphatic rings. The summed E-state index contributed by atoms with van der Waals surface area (Å²) < 4.78 is 10.6. The summed E-state index contributed by atoms with van der Waals surface area (Å²) >= 11 is 0. The smallest absolute Gasteiger partial charge is 0.336 e. The number of allylic oxidation sites excluding steroid dienone is 3. The van der Waals surface area contributed by atoms with E-state index in [9.17, 15) is 9.90 Å². The predicted molar refractivity (Wildman–Crippen MR) is 92.1 cm³/mol. The van der Waals surface area contributed by atoms with E-state index in [4.69, 9.17) is 9.15 Å². The number of phenols is 1. The molecule has 0 saturated heterocycles. The van der Waals surface area contributed by atoms with Crippen molar-refractivity contribution < 1.29 is 14.3 Å². The molecular formula is C19H22O4. The maximum atomic E-state index is 11.3. The van der Waals surface area contributed by atoms with E-state index in [0.717, 1.165) is 12.8 Å². The maximum Gasteiger partial charge on any atom is 0.336 e. The van der Waals surface area contributed by atoms with Crippen molar-refractivity contribution in [3.8, 4) is 11.5 Å². The Labute approximate surface area is 135 Å². The van der Waals surface area contributed by atoms with Crippen molar-refractivity contribution in [2.45, 2.75) is 33.6 Å². The Kier molecular flexibility index (Phi) is 5.63. The Morgan fingerprint density at radius 2 is 1.91 bits per heavy atom. The molecular weight excluding hydrogens is 292 g/mol. The average molecular weight is 314 g/mol. The third-order valence-electron chi connectivity index (χ3n) is 3.49. The van der Waals surface area contributed by atoms with Crippen molar-refractivity contribution in [1.29, 1.82) is 0 Å². The summed E-state index contributed by atoms with van der Waals surface area (Å²) in [6.07, 6.45) is 6.18. The van der Waals surface area contributed by atoms with Crippen molar-refractivity contribution in [3.63, 3.8) is 0 Å². The molecule has 23 heavy (non-hydrogen) atoms. The maximum absolute atomic E-state index is 11.3. The Hall–Kier alpha value is -2.49. The van der Waals surface area contributed by atoms with Crippen LogP contribution >= 0.6 is 0 Å². The average Bonchev–Trinajstić information content (AvgIpc) is 2.50. The molecule has 0 saturated carbocycles. The van der Waals surface area contributed by atoms with Crippen molar-refractivity contribution in [3.05, 3.63) is 58.0 Å². The highest BCUT2D eigenvalue weighted by Gasteiger charge is 2.09. The molecule has 1 aromatic carbocycles. The van der Waals surface area contributed by atoms with Crippen LogP contribution in [0.3, 0.4) is 0 Å². The van der Waals surface area contributed by atoms with E-state index in [1.807, 2.05) is 6.08 Å². The first-order valence-corrected chi connectivity index (χ1v) is 7.65. The number of benzene rings is 1. The van der Waals surface area contributed by atoms with E-state index in [1.165, 1.54) is 17.2 Å². The lowest BCUT2D eigenvalue weighted by Crippen LogP contribution is -1.98. The molecule has 4 nitrogen and oxygen atoms in total. The first-order chi connectivity index (χ1) is 11.0. The number of phenolic OH excluding ortho intramolecular Hbond substituents is 1. The normalized spacial score (nSPS) is 11.5. The largest absolute Gasteiger partial charge is 0.502 e. The van der Waals surface area contributed by atoms with Crippen LogP contribution in [0.4, 0.5) is 0 Å². The second-order valence-electron chi connectivity index (χ2n) is 5.77. The van der Waals surface area contributed by atoms with Crippen molar-refractivity contribution >= 4 is 11.0 Å². The van der Waals surface area contributed by atoms with E-state index < -0.39 is 5.63 Å². The highest BCUT2D eigenvalue weighted by atomic mass is 16.5. The van der Waals surface area contributed by atoms with Gasteiger partial charge in [0.15, 0.2) is 11.3 Å². The summed E-state index contributed by atoms with van der Waals surface area (Å²) in [6.45, 7) is 6.59. The zero-order valence-corrected chi connectivity index (χ0v) is 13.8. The van der Waals surface area contributed by atoms with Gasteiger partial charge in [0.25, 0.3) is 0 Å². The van der Waals surface area contributed by atoms with E-state index in [0.29, 0.717) is 17.7 Å². The lowest BCUT2D eigenvalue weighted by atomic mass is 10.1. The summed E-state index contributed by atoms with van der Waals surface area (Å²) in [6, 6.07) is 6.35. The van der Waals surface area contributed by atoms with Gasteiger partial charge in [-0.05, 0) is 57.9 Å². The van der Waals surface area contributed by atoms with Gasteiger partial charge in [0.1, 0.15) is 6.61 Å². The zero-order chi connectivity index (χ0) is 16.8. The third-order valence-corrected chi connectivity index (χ3v) is 3.49. The standard InChI is InChI=1S/C19H22O4/c1-13(2)5-4-6-14(3)11-12-22-16-9-7-15-8-10-17(20)23-19(15)18(16)21/h5,7-11,21H,4,6,12H2,1-3H3/b14-11+. The lowest BCUT2D eigenvalue weighted by molar-refractivity contribution is 0.334. The number of ether oxygens (including phenoxy) is 1. The second kappa shape index (κ2) is 7.68. The van der Waals surface area contributed by atoms with Crippen LogP contribution in [-0.4, -0.2) is 11.7 Å². The molecule has 1 heterocycles. The zero-order valence-electron chi connectivity index (χ0n) is 13.8. The summed E-state index contributed by atoms with van der Waals surface area (Å²) in [5.41, 5.74) is 2.20. The Balaban J connectivity index is 2.03. The van der Waals surface area contributed by atoms with Crippen molar-refractivity contribution in [2.24, 2.45) is 0 Å². The topological polar surface area (TPSA) is 59.7 Å². The van der Waals surface area contributed by atoms with Gasteiger partial charge in [-0.2, -0.15) is 0 Å². The van der Waals surface area contributed by atoms with Gasteiger partial charge in [0.05, 0.1) is 0 Å². The molecule has 0 atom stereocenters. The fourth-order valence-corrected chi connectivity index (χ4v) is 2.18. The number of aromatic hydroxyl groups is 1. The molecule has 122 valence electrons. The second-order valence-corrected chi connectivity index (χ2v) is 5.77. The van der Waals surface area contributed by atoms with Gasteiger partial charge in [-0.25, -0.2) is 4.79 Å². The number of hydrogen-bond acceptors (Lipinski definition) is 4. The quantitative estimate of drug-likeness (QED) is 0.627. The fourth-order valence-electron chi connectivity index (χ4n) is 2.18. The molecule has 1 N–H and O–H groups in total. The van der Waals surface area contributed by atoms with E-state index in [2.05, 4.69) is 26.8 Å². The summed E-state index contributed by atoms with van der Waals surface area (Å²) in [5, 5.41) is 10.8. The first-order valence-electron chi connectivity index (χ1n) is 7.65. The molecule has 0 aliphatic carbocycles. The molecule has 0 radical (unpaired) electrons. The first kappa shape index (κ1) is 16.9. The summed E-state index contributed by atoms with van der Waals surface area (Å²) in [7, 11) is 0. The van der Waals surface area contributed by atoms with Crippen molar-refractivity contribution in [1.82, 2.24) is 0 Å². The van der Waals surface area contributed by atoms with Gasteiger partial charge in [-0.15, -0.1) is 0 Å². The minimum atomic E-state index is -0.500. The molecule has 0 spiro atoms. The Bertz CT molecular complexity index is 793. The van der Waals surface area contributed by atoms with Crippen LogP contribution in [0.15, 0.2) is 56.8 Å². The predicted octanol–water partition coefficient (Wildman–Crippen LogP) is 4.57. The van der Waals surface area contributed by atoms with Crippen LogP contribution in [-0.2, 0) is 0 Å². The molecule has 0 amide bonds. The molecule has 0 aliphatic heterocycles. The summed E-state index contributed by atoms with van der Waals surface area (Å²) in [4.78, 5) is 11.3. The van der Waals surface area contributed by atoms with Crippen LogP contribution in [0.5, 0.6) is 11.5 Å². The lowest BCUT2D eigenvalue weighted by Gasteiger charge is -2.08. The van der Waals surface area contributed by atoms with E-state index >= 15 is 0 Å². The highest BCUT2D eigenvalue weighted by molar-refractivity contribution is 5.84. The van der Waals surface area contributed by atoms with Gasteiger partial charge in [0, 0.05) is 11.5 Å². The Morgan fingerprint density at radius 3 is 2.65 bits per heavy atom. The SMILES string of the molecule is CC(C)=CCC/C(C)=C/COc1ccc2ccc(=O)oc2c1O. The number of hydrogen-bond donors (Lipinski definition) is 1. The summed E-state index contributed by atoms with van der Waals surface area (Å²) in [5.74, 6) is 0.163. The molecule has 2 aromatic rings. The molecule has 0 unspecified atom stereocenters. The van der Waals surface area contributed by atoms with Crippen LogP contribution in [0, 0.1) is 0 Å². The fraction of sp³-hybridized carbons (Fsp3) is 0.316. The van der Waals surface area contributed by atoms with Crippen molar-refractivity contribution in [2.75, 3.05) is 6.61 Å². The van der Waals surface area contributed by atoms with Crippen LogP contribution < -0.4 is 10.4 Å². The molecule has 4 heteroatoms. The molecule has 0 bridgehead atoms. The minimum absolute atomic E-state index is 0.143. The molecule has 1 aromatic heterocycles. The van der Waals surface area contributed by atoms with E-state index in [1.54, 1.807) is 18.2 Å². The molecule has 0 fully saturated rings. The highest BCUT2D eigenvalue weighted by Crippen LogP contribution is 2.33. The third kappa shape index (κ3) is 4.74. The minimum Gasteiger partial charge on any atom is -0.502 e. The van der Waals surface area contributed by atoms with Gasteiger partial charge in [0.2, 0.25) is 5.75 Å². The number of fused-ring (bicyclic) bond motifs is 1. The molecule has 2 rings (SSSR count). The van der Waals surface area contributed by atoms with Gasteiger partial charge >= 0.3 is 5.63 Å². The van der Waals surface area contributed by atoms with Gasteiger partial charge < -0.3 is 14.3 Å². The van der Waals surface area contributed by atoms with Crippen LogP contribution in [0.25, 0.3) is 11.0 Å². The van der Waals surface area contributed by atoms with E-state index in [-0.39, 0.29) is 11.3 Å². The monoisotopic (exact) mass is 314 g/mol. The van der Waals surface area contributed by atoms with Gasteiger partial charge in [-0.3, -0.25) is 0 Å². The van der Waals surface area contributed by atoms with Crippen LogP contribution in [0.1, 0.15) is 33.6 Å². The Morgan fingerprint density at radius 1 is 1.17 bits per heavy atom. The van der Waals surface area contributed by atoms with Gasteiger partial charge in [-0.1, -0.05) is 17.2 Å².